The highest BCUT2D eigenvalue weighted by Crippen LogP contribution is 2.52. The summed E-state index contributed by atoms with van der Waals surface area (Å²) in [5, 5.41) is 0.196. The monoisotopic (exact) mass is 347 g/mol. The molecule has 0 N–H and O–H groups in total. The Morgan fingerprint density at radius 2 is 2.08 bits per heavy atom. The average molecular weight is 348 g/mol. The van der Waals surface area contributed by atoms with Crippen LogP contribution in [0.2, 0.25) is 5.02 Å². The van der Waals surface area contributed by atoms with Crippen molar-refractivity contribution in [3.05, 3.63) is 40.9 Å². The first-order valence-electron chi connectivity index (χ1n) is 7.50. The van der Waals surface area contributed by atoms with Gasteiger partial charge in [0, 0.05) is 0 Å². The van der Waals surface area contributed by atoms with Gasteiger partial charge >= 0.3 is 5.97 Å². The van der Waals surface area contributed by atoms with E-state index in [1.54, 1.807) is 6.07 Å². The number of nitrogens with zero attached hydrogens (tertiary/aromatic N) is 1. The third-order valence-electron chi connectivity index (χ3n) is 4.94. The predicted molar refractivity (Wildman–Crippen MR) is 84.7 cm³/mol. The van der Waals surface area contributed by atoms with Gasteiger partial charge in [0.25, 0.3) is 0 Å². The van der Waals surface area contributed by atoms with Crippen molar-refractivity contribution in [1.29, 1.82) is 0 Å². The number of ether oxygens (including phenoxy) is 2. The minimum atomic E-state index is -0.756. The van der Waals surface area contributed by atoms with Gasteiger partial charge in [0.05, 0.1) is 46.9 Å². The summed E-state index contributed by atoms with van der Waals surface area (Å²) in [6.45, 7) is 1.81. The largest absolute Gasteiger partial charge is 0.465 e. The van der Waals surface area contributed by atoms with E-state index >= 15 is 0 Å². The number of fused-ring (bicyclic) bond motifs is 5. The normalized spacial score (nSPS) is 33.3. The number of methoxy groups -OCH3 is 1. The van der Waals surface area contributed by atoms with Gasteiger partial charge in [0.15, 0.2) is 0 Å². The molecule has 0 aliphatic carbocycles. The second-order valence-corrected chi connectivity index (χ2v) is 6.70. The van der Waals surface area contributed by atoms with E-state index in [0.29, 0.717) is 5.69 Å². The highest BCUT2D eigenvalue weighted by atomic mass is 35.5. The van der Waals surface area contributed by atoms with Gasteiger partial charge in [-0.05, 0) is 25.1 Å². The summed E-state index contributed by atoms with van der Waals surface area (Å²) in [5.74, 6) is -2.33. The maximum absolute atomic E-state index is 12.9. The molecule has 3 aliphatic heterocycles. The van der Waals surface area contributed by atoms with Crippen LogP contribution in [0.5, 0.6) is 0 Å². The standard InChI is InChI=1S/C17H14ClNO5/c1-17-6-5-11(24-17)12-13(17)15(21)19(14(12)20)8-3-4-10(18)9(7-8)16(22)23-2/h3-7,11-13H,1-2H3/t11-,12+,13+,17-/m0/s1. The van der Waals surface area contributed by atoms with Crippen LogP contribution in [0.25, 0.3) is 0 Å². The fourth-order valence-corrected chi connectivity index (χ4v) is 4.02. The Morgan fingerprint density at radius 1 is 1.33 bits per heavy atom. The van der Waals surface area contributed by atoms with Crippen LogP contribution in [0.4, 0.5) is 5.69 Å². The van der Waals surface area contributed by atoms with Crippen LogP contribution in [0.1, 0.15) is 17.3 Å². The number of esters is 1. The number of carbonyl (C=O) groups excluding carboxylic acids is 3. The van der Waals surface area contributed by atoms with Crippen molar-refractivity contribution in [1.82, 2.24) is 0 Å². The summed E-state index contributed by atoms with van der Waals surface area (Å²) in [6.07, 6.45) is 3.29. The molecule has 2 saturated heterocycles. The first kappa shape index (κ1) is 15.4. The number of rotatable bonds is 2. The predicted octanol–water partition coefficient (Wildman–Crippen LogP) is 1.96. The van der Waals surface area contributed by atoms with Gasteiger partial charge < -0.3 is 9.47 Å². The molecule has 3 aliphatic rings. The van der Waals surface area contributed by atoms with Gasteiger partial charge in [-0.2, -0.15) is 0 Å². The highest BCUT2D eigenvalue weighted by Gasteiger charge is 2.66. The molecule has 124 valence electrons. The van der Waals surface area contributed by atoms with E-state index in [0.717, 1.165) is 4.90 Å². The van der Waals surface area contributed by atoms with E-state index < -0.39 is 23.4 Å². The zero-order valence-electron chi connectivity index (χ0n) is 13.0. The first-order valence-corrected chi connectivity index (χ1v) is 7.88. The summed E-state index contributed by atoms with van der Waals surface area (Å²) in [6, 6.07) is 4.43. The van der Waals surface area contributed by atoms with E-state index in [-0.39, 0.29) is 28.5 Å². The van der Waals surface area contributed by atoms with Gasteiger partial charge in [0.2, 0.25) is 11.8 Å². The van der Waals surface area contributed by atoms with Crippen LogP contribution in [0.15, 0.2) is 30.4 Å². The first-order chi connectivity index (χ1) is 11.4. The SMILES string of the molecule is COC(=O)c1cc(N2C(=O)[C@@H]3[C@@H]4C=C[C@](C)(O4)[C@H]3C2=O)ccc1Cl. The topological polar surface area (TPSA) is 72.9 Å². The molecule has 4 rings (SSSR count). The third-order valence-corrected chi connectivity index (χ3v) is 5.27. The molecule has 1 aromatic rings. The molecule has 3 heterocycles. The lowest BCUT2D eigenvalue weighted by atomic mass is 9.78. The summed E-state index contributed by atoms with van der Waals surface area (Å²) in [7, 11) is 1.24. The summed E-state index contributed by atoms with van der Waals surface area (Å²) in [5.41, 5.74) is -0.334. The second kappa shape index (κ2) is 4.91. The van der Waals surface area contributed by atoms with Crippen molar-refractivity contribution in [2.24, 2.45) is 11.8 Å². The lowest BCUT2D eigenvalue weighted by molar-refractivity contribution is -0.126. The quantitative estimate of drug-likeness (QED) is 0.464. The van der Waals surface area contributed by atoms with E-state index in [2.05, 4.69) is 4.74 Å². The maximum Gasteiger partial charge on any atom is 0.339 e. The zero-order valence-corrected chi connectivity index (χ0v) is 13.7. The fraction of sp³-hybridized carbons (Fsp3) is 0.353. The lowest BCUT2D eigenvalue weighted by Gasteiger charge is -2.24. The van der Waals surface area contributed by atoms with E-state index in [9.17, 15) is 14.4 Å². The summed E-state index contributed by atoms with van der Waals surface area (Å²) in [4.78, 5) is 38.6. The maximum atomic E-state index is 12.9. The molecule has 6 nitrogen and oxygen atoms in total. The summed E-state index contributed by atoms with van der Waals surface area (Å²) < 4.78 is 10.5. The minimum Gasteiger partial charge on any atom is -0.465 e. The minimum absolute atomic E-state index is 0.109. The second-order valence-electron chi connectivity index (χ2n) is 6.30. The summed E-state index contributed by atoms with van der Waals surface area (Å²) >= 11 is 6.00. The Labute approximate surface area is 143 Å². The zero-order chi connectivity index (χ0) is 17.2. The third kappa shape index (κ3) is 1.84. The van der Waals surface area contributed by atoms with Gasteiger partial charge in [-0.25, -0.2) is 9.69 Å². The Hall–Kier alpha value is -2.18. The van der Waals surface area contributed by atoms with Crippen LogP contribution >= 0.6 is 11.6 Å². The molecule has 0 aromatic heterocycles. The molecule has 2 bridgehead atoms. The van der Waals surface area contributed by atoms with Crippen molar-refractivity contribution < 1.29 is 23.9 Å². The van der Waals surface area contributed by atoms with Crippen LogP contribution in [-0.4, -0.2) is 36.6 Å². The molecule has 1 aromatic carbocycles. The van der Waals surface area contributed by atoms with Gasteiger partial charge in [-0.3, -0.25) is 9.59 Å². The number of benzene rings is 1. The number of amides is 2. The van der Waals surface area contributed by atoms with Crippen LogP contribution in [-0.2, 0) is 19.1 Å². The van der Waals surface area contributed by atoms with Gasteiger partial charge in [0.1, 0.15) is 0 Å². The number of hydrogen-bond acceptors (Lipinski definition) is 5. The molecule has 0 saturated carbocycles. The van der Waals surface area contributed by atoms with Crippen LogP contribution < -0.4 is 4.90 Å². The molecule has 24 heavy (non-hydrogen) atoms. The molecular formula is C17H14ClNO5. The number of imide groups is 1. The van der Waals surface area contributed by atoms with Crippen molar-refractivity contribution in [2.45, 2.75) is 18.6 Å². The number of halogens is 1. The molecule has 2 fully saturated rings. The van der Waals surface area contributed by atoms with Crippen LogP contribution in [0.3, 0.4) is 0 Å². The van der Waals surface area contributed by atoms with E-state index in [4.69, 9.17) is 16.3 Å². The van der Waals surface area contributed by atoms with E-state index in [1.165, 1.54) is 19.2 Å². The number of hydrogen-bond donors (Lipinski definition) is 0. The smallest absolute Gasteiger partial charge is 0.339 e. The number of carbonyl (C=O) groups is 3. The van der Waals surface area contributed by atoms with Crippen LogP contribution in [0, 0.1) is 11.8 Å². The molecule has 4 atom stereocenters. The molecule has 0 unspecified atom stereocenters. The molecule has 0 radical (unpaired) electrons. The van der Waals surface area contributed by atoms with Crippen molar-refractivity contribution in [2.75, 3.05) is 12.0 Å². The van der Waals surface area contributed by atoms with Crippen molar-refractivity contribution in [3.8, 4) is 0 Å². The Morgan fingerprint density at radius 3 is 2.75 bits per heavy atom. The van der Waals surface area contributed by atoms with Gasteiger partial charge in [-0.1, -0.05) is 23.8 Å². The van der Waals surface area contributed by atoms with E-state index in [1.807, 2.05) is 19.1 Å². The molecular weight excluding hydrogens is 334 g/mol. The fourth-order valence-electron chi connectivity index (χ4n) is 3.83. The molecule has 0 spiro atoms. The lowest BCUT2D eigenvalue weighted by Crippen LogP contribution is -2.38. The number of anilines is 1. The Kier molecular flexibility index (Phi) is 3.14. The highest BCUT2D eigenvalue weighted by molar-refractivity contribution is 6.34. The Balaban J connectivity index is 1.76. The van der Waals surface area contributed by atoms with Crippen molar-refractivity contribution >= 4 is 35.1 Å². The molecule has 7 heteroatoms. The average Bonchev–Trinajstić information content (AvgIpc) is 3.16. The van der Waals surface area contributed by atoms with Crippen molar-refractivity contribution in [3.63, 3.8) is 0 Å². The molecule has 2 amide bonds. The van der Waals surface area contributed by atoms with Gasteiger partial charge in [-0.15, -0.1) is 0 Å². The Bertz CT molecular complexity index is 819.